The highest BCUT2D eigenvalue weighted by Gasteiger charge is 2.19. The Labute approximate surface area is 115 Å². The van der Waals surface area contributed by atoms with Crippen LogP contribution in [0.4, 0.5) is 5.82 Å². The summed E-state index contributed by atoms with van der Waals surface area (Å²) in [7, 11) is 1.63. The molecule has 7 heteroatoms. The van der Waals surface area contributed by atoms with Gasteiger partial charge in [-0.2, -0.15) is 5.10 Å². The van der Waals surface area contributed by atoms with E-state index in [1.54, 1.807) is 13.1 Å². The summed E-state index contributed by atoms with van der Waals surface area (Å²) in [5.41, 5.74) is 6.29. The summed E-state index contributed by atoms with van der Waals surface area (Å²) in [5, 5.41) is 6.52. The topological polar surface area (TPSA) is 103 Å². The van der Waals surface area contributed by atoms with Crippen LogP contribution in [-0.4, -0.2) is 21.6 Å². The average molecular weight is 276 g/mol. The van der Waals surface area contributed by atoms with Crippen LogP contribution in [0.25, 0.3) is 0 Å². The lowest BCUT2D eigenvalue weighted by atomic mass is 10.2. The number of amides is 2. The number of primary amides is 1. The molecule has 0 spiro atoms. The van der Waals surface area contributed by atoms with E-state index in [2.05, 4.69) is 10.4 Å². The van der Waals surface area contributed by atoms with E-state index in [4.69, 9.17) is 10.2 Å². The number of anilines is 1. The zero-order chi connectivity index (χ0) is 14.9. The van der Waals surface area contributed by atoms with Crippen LogP contribution in [0.2, 0.25) is 0 Å². The molecule has 7 nitrogen and oxygen atoms in total. The van der Waals surface area contributed by atoms with Crippen LogP contribution in [-0.2, 0) is 13.5 Å². The van der Waals surface area contributed by atoms with Gasteiger partial charge in [0, 0.05) is 19.7 Å². The molecule has 20 heavy (non-hydrogen) atoms. The molecule has 0 unspecified atom stereocenters. The first kappa shape index (κ1) is 13.9. The molecular formula is C13H16N4O3. The Hall–Kier alpha value is -2.57. The molecule has 2 heterocycles. The fourth-order valence-electron chi connectivity index (χ4n) is 1.91. The molecule has 2 rings (SSSR count). The minimum Gasteiger partial charge on any atom is -0.456 e. The van der Waals surface area contributed by atoms with Crippen molar-refractivity contribution in [2.75, 3.05) is 5.32 Å². The van der Waals surface area contributed by atoms with Gasteiger partial charge in [0.2, 0.25) is 0 Å². The molecule has 2 aromatic rings. The normalized spacial score (nSPS) is 10.6. The summed E-state index contributed by atoms with van der Waals surface area (Å²) in [4.78, 5) is 23.3. The van der Waals surface area contributed by atoms with E-state index < -0.39 is 11.8 Å². The number of rotatable bonds is 4. The van der Waals surface area contributed by atoms with E-state index in [0.717, 1.165) is 11.3 Å². The Morgan fingerprint density at radius 3 is 2.75 bits per heavy atom. The van der Waals surface area contributed by atoms with Crippen LogP contribution in [0.5, 0.6) is 0 Å². The molecule has 0 aliphatic heterocycles. The second-order valence-corrected chi connectivity index (χ2v) is 4.45. The van der Waals surface area contributed by atoms with Gasteiger partial charge in [0.25, 0.3) is 11.8 Å². The molecule has 0 saturated heterocycles. The lowest BCUT2D eigenvalue weighted by molar-refractivity contribution is 0.0994. The van der Waals surface area contributed by atoms with Crippen molar-refractivity contribution < 1.29 is 14.0 Å². The van der Waals surface area contributed by atoms with Crippen LogP contribution in [0, 0.1) is 6.92 Å². The molecule has 0 bridgehead atoms. The maximum Gasteiger partial charge on any atom is 0.292 e. The van der Waals surface area contributed by atoms with Crippen LogP contribution in [0.15, 0.2) is 16.7 Å². The molecule has 3 N–H and O–H groups in total. The summed E-state index contributed by atoms with van der Waals surface area (Å²) in [6.07, 6.45) is 2.15. The smallest absolute Gasteiger partial charge is 0.292 e. The zero-order valence-corrected chi connectivity index (χ0v) is 11.6. The lowest BCUT2D eigenvalue weighted by Crippen LogP contribution is -2.17. The molecule has 0 atom stereocenters. The Bertz CT molecular complexity index is 669. The largest absolute Gasteiger partial charge is 0.456 e. The van der Waals surface area contributed by atoms with Gasteiger partial charge in [-0.15, -0.1) is 0 Å². The Morgan fingerprint density at radius 2 is 2.20 bits per heavy atom. The van der Waals surface area contributed by atoms with Gasteiger partial charge < -0.3 is 15.5 Å². The number of hydrogen-bond acceptors (Lipinski definition) is 4. The summed E-state index contributed by atoms with van der Waals surface area (Å²) in [6, 6.07) is 1.65. The third-order valence-electron chi connectivity index (χ3n) is 2.89. The standard InChI is InChI=1S/C13H16N4O3/c1-4-9-7(2)5-10(20-9)13(19)15-12-8(11(14)18)6-17(3)16-12/h5-6H,4H2,1-3H3,(H2,14,18)(H,15,16,19). The first-order chi connectivity index (χ1) is 9.42. The summed E-state index contributed by atoms with van der Waals surface area (Å²) < 4.78 is 6.85. The second-order valence-electron chi connectivity index (χ2n) is 4.45. The zero-order valence-electron chi connectivity index (χ0n) is 11.6. The van der Waals surface area contributed by atoms with Crippen molar-refractivity contribution in [3.63, 3.8) is 0 Å². The van der Waals surface area contributed by atoms with Crippen LogP contribution in [0.1, 0.15) is 39.2 Å². The minimum atomic E-state index is -0.654. The first-order valence-corrected chi connectivity index (χ1v) is 6.16. The van der Waals surface area contributed by atoms with Crippen LogP contribution < -0.4 is 11.1 Å². The number of carbonyl (C=O) groups excluding carboxylic acids is 2. The van der Waals surface area contributed by atoms with E-state index in [-0.39, 0.29) is 17.1 Å². The second kappa shape index (κ2) is 5.20. The van der Waals surface area contributed by atoms with Crippen LogP contribution >= 0.6 is 0 Å². The van der Waals surface area contributed by atoms with Crippen LogP contribution in [0.3, 0.4) is 0 Å². The summed E-state index contributed by atoms with van der Waals surface area (Å²) in [5.74, 6) is -0.0592. The maximum absolute atomic E-state index is 12.1. The molecular weight excluding hydrogens is 260 g/mol. The van der Waals surface area contributed by atoms with Gasteiger partial charge in [-0.1, -0.05) is 6.92 Å². The molecule has 106 valence electrons. The molecule has 0 aromatic carbocycles. The molecule has 0 fully saturated rings. The molecule has 0 aliphatic carbocycles. The van der Waals surface area contributed by atoms with Crippen molar-refractivity contribution in [3.8, 4) is 0 Å². The molecule has 0 aliphatic rings. The number of furan rings is 1. The van der Waals surface area contributed by atoms with Crippen molar-refractivity contribution >= 4 is 17.6 Å². The van der Waals surface area contributed by atoms with Gasteiger partial charge in [0.05, 0.1) is 0 Å². The molecule has 0 saturated carbocycles. The molecule has 2 aromatic heterocycles. The number of aromatic nitrogens is 2. The minimum absolute atomic E-state index is 0.122. The third kappa shape index (κ3) is 2.56. The predicted octanol–water partition coefficient (Wildman–Crippen LogP) is 1.24. The predicted molar refractivity (Wildman–Crippen MR) is 72.5 cm³/mol. The van der Waals surface area contributed by atoms with Gasteiger partial charge >= 0.3 is 0 Å². The van der Waals surface area contributed by atoms with E-state index in [0.29, 0.717) is 6.42 Å². The van der Waals surface area contributed by atoms with Crippen molar-refractivity contribution in [2.24, 2.45) is 12.8 Å². The maximum atomic E-state index is 12.1. The lowest BCUT2D eigenvalue weighted by Gasteiger charge is -2.00. The van der Waals surface area contributed by atoms with Gasteiger partial charge in [0.1, 0.15) is 11.3 Å². The van der Waals surface area contributed by atoms with Crippen molar-refractivity contribution in [2.45, 2.75) is 20.3 Å². The first-order valence-electron chi connectivity index (χ1n) is 6.16. The van der Waals surface area contributed by atoms with Crippen molar-refractivity contribution in [3.05, 3.63) is 34.9 Å². The quantitative estimate of drug-likeness (QED) is 0.876. The fraction of sp³-hybridized carbons (Fsp3) is 0.308. The van der Waals surface area contributed by atoms with E-state index in [1.165, 1.54) is 10.9 Å². The number of nitrogens with two attached hydrogens (primary N) is 1. The monoisotopic (exact) mass is 276 g/mol. The number of aryl methyl sites for hydroxylation is 3. The van der Waals surface area contributed by atoms with Gasteiger partial charge in [-0.3, -0.25) is 14.3 Å². The van der Waals surface area contributed by atoms with Crippen molar-refractivity contribution in [1.82, 2.24) is 9.78 Å². The highest BCUT2D eigenvalue weighted by molar-refractivity contribution is 6.06. The Balaban J connectivity index is 2.25. The van der Waals surface area contributed by atoms with Gasteiger partial charge in [0.15, 0.2) is 11.6 Å². The third-order valence-corrected chi connectivity index (χ3v) is 2.89. The number of nitrogens with zero attached hydrogens (tertiary/aromatic N) is 2. The fourth-order valence-corrected chi connectivity index (χ4v) is 1.91. The van der Waals surface area contributed by atoms with Gasteiger partial charge in [-0.25, -0.2) is 0 Å². The van der Waals surface area contributed by atoms with E-state index in [9.17, 15) is 9.59 Å². The molecule has 0 radical (unpaired) electrons. The number of hydrogen-bond donors (Lipinski definition) is 2. The summed E-state index contributed by atoms with van der Waals surface area (Å²) in [6.45, 7) is 3.81. The SMILES string of the molecule is CCc1oc(C(=O)Nc2nn(C)cc2C(N)=O)cc1C. The van der Waals surface area contributed by atoms with Gasteiger partial charge in [-0.05, 0) is 18.6 Å². The van der Waals surface area contributed by atoms with Crippen molar-refractivity contribution in [1.29, 1.82) is 0 Å². The number of nitrogens with one attached hydrogen (secondary N) is 1. The summed E-state index contributed by atoms with van der Waals surface area (Å²) >= 11 is 0. The molecule has 2 amide bonds. The Kier molecular flexibility index (Phi) is 3.60. The van der Waals surface area contributed by atoms with E-state index in [1.807, 2.05) is 13.8 Å². The average Bonchev–Trinajstić information content (AvgIpc) is 2.92. The number of carbonyl (C=O) groups is 2. The van der Waals surface area contributed by atoms with E-state index >= 15 is 0 Å². The highest BCUT2D eigenvalue weighted by atomic mass is 16.4. The highest BCUT2D eigenvalue weighted by Crippen LogP contribution is 2.18. The Morgan fingerprint density at radius 1 is 1.50 bits per heavy atom.